The standard InChI is InChI=1S/C31H36N8O3/c1-4-28(40)37-13-12-25(21-37)39-29-22(20-38(31(39)41)24-8-6-5-7-9-24)19-32-30(34-29)33-23-10-11-26(27(18-23)42-3)36-16-14-35(2)15-17-36/h4-11,18-19,25H,1,12-17,20-21H2,2-3H3,(H,32,33,34). The van der Waals surface area contributed by atoms with Crippen LogP contribution in [0.2, 0.25) is 0 Å². The molecule has 0 aliphatic carbocycles. The Kier molecular flexibility index (Phi) is 7.66. The molecule has 3 aromatic rings. The van der Waals surface area contributed by atoms with Gasteiger partial charge in [0.25, 0.3) is 0 Å². The number of para-hydroxylation sites is 1. The largest absolute Gasteiger partial charge is 0.495 e. The molecule has 3 aliphatic rings. The van der Waals surface area contributed by atoms with Crippen LogP contribution < -0.4 is 24.8 Å². The maximum atomic E-state index is 14.0. The van der Waals surface area contributed by atoms with E-state index in [1.807, 2.05) is 42.5 Å². The molecule has 0 spiro atoms. The van der Waals surface area contributed by atoms with Gasteiger partial charge < -0.3 is 24.8 Å². The molecule has 1 atom stereocenters. The van der Waals surface area contributed by atoms with E-state index in [2.05, 4.69) is 39.8 Å². The minimum Gasteiger partial charge on any atom is -0.495 e. The highest BCUT2D eigenvalue weighted by molar-refractivity contribution is 6.06. The van der Waals surface area contributed by atoms with Crippen LogP contribution in [0.25, 0.3) is 0 Å². The summed E-state index contributed by atoms with van der Waals surface area (Å²) in [5.74, 6) is 1.58. The molecule has 11 heteroatoms. The van der Waals surface area contributed by atoms with Crippen LogP contribution >= 0.6 is 0 Å². The third-order valence-electron chi connectivity index (χ3n) is 8.20. The van der Waals surface area contributed by atoms with Gasteiger partial charge in [0.15, 0.2) is 0 Å². The normalized spacial score (nSPS) is 19.1. The van der Waals surface area contributed by atoms with E-state index in [4.69, 9.17) is 9.72 Å². The number of benzene rings is 2. The molecule has 3 amide bonds. The molecule has 0 radical (unpaired) electrons. The number of nitrogens with zero attached hydrogens (tertiary/aromatic N) is 7. The number of amides is 3. The van der Waals surface area contributed by atoms with E-state index in [9.17, 15) is 9.59 Å². The molecule has 0 saturated carbocycles. The van der Waals surface area contributed by atoms with Gasteiger partial charge in [0, 0.05) is 68.5 Å². The van der Waals surface area contributed by atoms with E-state index in [-0.39, 0.29) is 18.0 Å². The van der Waals surface area contributed by atoms with Gasteiger partial charge in [-0.15, -0.1) is 0 Å². The van der Waals surface area contributed by atoms with Crippen molar-refractivity contribution < 1.29 is 14.3 Å². The number of piperazine rings is 1. The number of methoxy groups -OCH3 is 1. The van der Waals surface area contributed by atoms with Crippen molar-refractivity contribution in [3.63, 3.8) is 0 Å². The van der Waals surface area contributed by atoms with Crippen molar-refractivity contribution in [3.05, 3.63) is 72.9 Å². The first-order valence-electron chi connectivity index (χ1n) is 14.3. The predicted molar refractivity (Wildman–Crippen MR) is 164 cm³/mol. The second-order valence-electron chi connectivity index (χ2n) is 10.8. The average molecular weight is 569 g/mol. The first kappa shape index (κ1) is 27.5. The fourth-order valence-electron chi connectivity index (χ4n) is 5.85. The molecular weight excluding hydrogens is 532 g/mol. The minimum absolute atomic E-state index is 0.138. The number of anilines is 5. The first-order valence-corrected chi connectivity index (χ1v) is 14.3. The van der Waals surface area contributed by atoms with Crippen molar-refractivity contribution in [1.82, 2.24) is 19.8 Å². The van der Waals surface area contributed by atoms with Crippen LogP contribution in [0.1, 0.15) is 12.0 Å². The maximum absolute atomic E-state index is 14.0. The van der Waals surface area contributed by atoms with Gasteiger partial charge in [-0.1, -0.05) is 24.8 Å². The first-order chi connectivity index (χ1) is 20.4. The molecule has 2 aromatic carbocycles. The molecule has 11 nitrogen and oxygen atoms in total. The zero-order chi connectivity index (χ0) is 29.2. The van der Waals surface area contributed by atoms with Gasteiger partial charge in [0.05, 0.1) is 25.4 Å². The number of hydrogen-bond acceptors (Lipinski definition) is 8. The summed E-state index contributed by atoms with van der Waals surface area (Å²) >= 11 is 0. The van der Waals surface area contributed by atoms with Crippen molar-refractivity contribution in [2.24, 2.45) is 0 Å². The molecule has 0 bridgehead atoms. The smallest absolute Gasteiger partial charge is 0.330 e. The molecule has 4 heterocycles. The second kappa shape index (κ2) is 11.7. The van der Waals surface area contributed by atoms with Gasteiger partial charge in [-0.05, 0) is 43.8 Å². The molecule has 42 heavy (non-hydrogen) atoms. The number of hydrogen-bond donors (Lipinski definition) is 1. The van der Waals surface area contributed by atoms with E-state index in [0.29, 0.717) is 37.8 Å². The summed E-state index contributed by atoms with van der Waals surface area (Å²) in [6, 6.07) is 15.2. The minimum atomic E-state index is -0.225. The molecule has 1 N–H and O–H groups in total. The average Bonchev–Trinajstić information content (AvgIpc) is 3.51. The lowest BCUT2D eigenvalue weighted by molar-refractivity contribution is -0.125. The van der Waals surface area contributed by atoms with Crippen LogP contribution in [-0.4, -0.2) is 91.2 Å². The monoisotopic (exact) mass is 568 g/mol. The van der Waals surface area contributed by atoms with Crippen molar-refractivity contribution in [3.8, 4) is 5.75 Å². The lowest BCUT2D eigenvalue weighted by atomic mass is 10.1. The third-order valence-corrected chi connectivity index (χ3v) is 8.20. The molecule has 6 rings (SSSR count). The summed E-state index contributed by atoms with van der Waals surface area (Å²) in [7, 11) is 3.82. The number of nitrogens with one attached hydrogen (secondary N) is 1. The molecule has 1 aromatic heterocycles. The maximum Gasteiger partial charge on any atom is 0.330 e. The van der Waals surface area contributed by atoms with E-state index in [1.165, 1.54) is 6.08 Å². The predicted octanol–water partition coefficient (Wildman–Crippen LogP) is 3.71. The zero-order valence-corrected chi connectivity index (χ0v) is 24.1. The highest BCUT2D eigenvalue weighted by Crippen LogP contribution is 2.36. The van der Waals surface area contributed by atoms with Gasteiger partial charge in [0.2, 0.25) is 11.9 Å². The Morgan fingerprint density at radius 1 is 1.10 bits per heavy atom. The van der Waals surface area contributed by atoms with Crippen molar-refractivity contribution in [2.75, 3.05) is 73.4 Å². The van der Waals surface area contributed by atoms with E-state index in [1.54, 1.807) is 28.0 Å². The SMILES string of the molecule is C=CC(=O)N1CCC(N2C(=O)N(c3ccccc3)Cc3cnc(Nc4ccc(N5CCN(C)CC5)c(OC)c4)nc32)C1. The number of urea groups is 1. The fourth-order valence-corrected chi connectivity index (χ4v) is 5.85. The van der Waals surface area contributed by atoms with Crippen LogP contribution in [-0.2, 0) is 11.3 Å². The quantitative estimate of drug-likeness (QED) is 0.431. The summed E-state index contributed by atoms with van der Waals surface area (Å²) in [6.07, 6.45) is 3.74. The van der Waals surface area contributed by atoms with E-state index in [0.717, 1.165) is 54.6 Å². The topological polar surface area (TPSA) is 97.4 Å². The highest BCUT2D eigenvalue weighted by atomic mass is 16.5. The summed E-state index contributed by atoms with van der Waals surface area (Å²) in [5.41, 5.74) is 3.47. The number of fused-ring (bicyclic) bond motifs is 1. The molecule has 1 unspecified atom stereocenters. The van der Waals surface area contributed by atoms with Crippen LogP contribution in [0.3, 0.4) is 0 Å². The Labute approximate surface area is 246 Å². The number of rotatable bonds is 7. The summed E-state index contributed by atoms with van der Waals surface area (Å²) < 4.78 is 5.75. The Balaban J connectivity index is 1.29. The summed E-state index contributed by atoms with van der Waals surface area (Å²) in [5, 5.41) is 3.31. The van der Waals surface area contributed by atoms with Gasteiger partial charge >= 0.3 is 6.03 Å². The number of ether oxygens (including phenoxy) is 1. The Hall–Kier alpha value is -4.64. The van der Waals surface area contributed by atoms with Gasteiger partial charge in [-0.25, -0.2) is 9.78 Å². The van der Waals surface area contributed by atoms with Crippen molar-refractivity contribution in [1.29, 1.82) is 0 Å². The molecule has 2 saturated heterocycles. The van der Waals surface area contributed by atoms with Gasteiger partial charge in [-0.3, -0.25) is 14.6 Å². The zero-order valence-electron chi connectivity index (χ0n) is 24.1. The number of likely N-dealkylation sites (N-methyl/N-ethyl adjacent to an activating group) is 1. The Morgan fingerprint density at radius 2 is 1.88 bits per heavy atom. The Bertz CT molecular complexity index is 1470. The van der Waals surface area contributed by atoms with Crippen LogP contribution in [0.5, 0.6) is 5.75 Å². The lowest BCUT2D eigenvalue weighted by Gasteiger charge is -2.39. The van der Waals surface area contributed by atoms with Crippen molar-refractivity contribution >= 4 is 40.8 Å². The van der Waals surface area contributed by atoms with Gasteiger partial charge in [0.1, 0.15) is 11.6 Å². The second-order valence-corrected chi connectivity index (χ2v) is 10.8. The number of carbonyl (C=O) groups is 2. The van der Waals surface area contributed by atoms with Crippen LogP contribution in [0.4, 0.5) is 33.6 Å². The summed E-state index contributed by atoms with van der Waals surface area (Å²) in [6.45, 7) is 8.82. The lowest BCUT2D eigenvalue weighted by Crippen LogP contribution is -2.53. The van der Waals surface area contributed by atoms with Crippen molar-refractivity contribution in [2.45, 2.75) is 19.0 Å². The van der Waals surface area contributed by atoms with Crippen LogP contribution in [0.15, 0.2) is 67.4 Å². The molecule has 218 valence electrons. The molecule has 2 fully saturated rings. The number of carbonyl (C=O) groups excluding carboxylic acids is 2. The number of likely N-dealkylation sites (tertiary alicyclic amines) is 1. The van der Waals surface area contributed by atoms with Gasteiger partial charge in [-0.2, -0.15) is 4.98 Å². The molecule has 3 aliphatic heterocycles. The third kappa shape index (κ3) is 5.35. The summed E-state index contributed by atoms with van der Waals surface area (Å²) in [4.78, 5) is 45.7. The molecular formula is C31H36N8O3. The Morgan fingerprint density at radius 3 is 2.62 bits per heavy atom. The highest BCUT2D eigenvalue weighted by Gasteiger charge is 2.40. The van der Waals surface area contributed by atoms with E-state index >= 15 is 0 Å². The van der Waals surface area contributed by atoms with Crippen LogP contribution in [0, 0.1) is 0 Å². The fraction of sp³-hybridized carbons (Fsp3) is 0.355. The number of aromatic nitrogens is 2. The van der Waals surface area contributed by atoms with E-state index < -0.39 is 0 Å².